The number of fused-ring (bicyclic) bond motifs is 1. The zero-order chi connectivity index (χ0) is 19.0. The molecule has 2 aliphatic heterocycles. The Bertz CT molecular complexity index is 893. The van der Waals surface area contributed by atoms with E-state index < -0.39 is 0 Å². The van der Waals surface area contributed by atoms with E-state index in [1.165, 1.54) is 10.1 Å². The highest BCUT2D eigenvalue weighted by Gasteiger charge is 2.45. The number of anilines is 1. The fourth-order valence-electron chi connectivity index (χ4n) is 4.33. The number of pyridine rings is 1. The standard InChI is InChI=1S/C21H25N3O3/c1-14-10-20(25)23(2)12-18(14)22-21(26)24-11-16(15-6-4-3-5-7-15)17-13-27-9-8-19(17)24/h3-7,10,12,16-17,19H,8-9,11,13H2,1-2H3,(H,22,26)/t16-,17+,19+/m1/s1. The van der Waals surface area contributed by atoms with Crippen LogP contribution in [0.5, 0.6) is 0 Å². The summed E-state index contributed by atoms with van der Waals surface area (Å²) in [6, 6.07) is 12.0. The summed E-state index contributed by atoms with van der Waals surface area (Å²) in [5.41, 5.74) is 2.62. The van der Waals surface area contributed by atoms with Gasteiger partial charge in [0.25, 0.3) is 5.56 Å². The smallest absolute Gasteiger partial charge is 0.322 e. The molecule has 0 aliphatic carbocycles. The SMILES string of the molecule is Cc1cc(=O)n(C)cc1NC(=O)N1C[C@H](c2ccccc2)[C@@H]2COCC[C@@H]21. The molecule has 27 heavy (non-hydrogen) atoms. The Balaban J connectivity index is 1.58. The van der Waals surface area contributed by atoms with Crippen LogP contribution in [0.2, 0.25) is 0 Å². The van der Waals surface area contributed by atoms with Gasteiger partial charge in [0.1, 0.15) is 0 Å². The van der Waals surface area contributed by atoms with Crippen LogP contribution in [0, 0.1) is 12.8 Å². The summed E-state index contributed by atoms with van der Waals surface area (Å²) in [5, 5.41) is 3.01. The maximum absolute atomic E-state index is 13.1. The van der Waals surface area contributed by atoms with E-state index in [-0.39, 0.29) is 23.6 Å². The van der Waals surface area contributed by atoms with Crippen LogP contribution in [0.25, 0.3) is 0 Å². The van der Waals surface area contributed by atoms with Crippen LogP contribution in [-0.2, 0) is 11.8 Å². The number of likely N-dealkylation sites (tertiary alicyclic amines) is 1. The van der Waals surface area contributed by atoms with Crippen LogP contribution < -0.4 is 10.9 Å². The highest BCUT2D eigenvalue weighted by atomic mass is 16.5. The van der Waals surface area contributed by atoms with Gasteiger partial charge in [-0.05, 0) is 24.5 Å². The molecule has 2 amide bonds. The van der Waals surface area contributed by atoms with Gasteiger partial charge in [-0.1, -0.05) is 30.3 Å². The second-order valence-electron chi connectivity index (χ2n) is 7.51. The first-order chi connectivity index (χ1) is 13.0. The van der Waals surface area contributed by atoms with Crippen LogP contribution in [0.4, 0.5) is 10.5 Å². The topological polar surface area (TPSA) is 63.6 Å². The van der Waals surface area contributed by atoms with E-state index in [1.807, 2.05) is 30.0 Å². The third-order valence-corrected chi connectivity index (χ3v) is 5.84. The molecule has 0 spiro atoms. The highest BCUT2D eigenvalue weighted by molar-refractivity contribution is 5.90. The Hall–Kier alpha value is -2.60. The lowest BCUT2D eigenvalue weighted by Gasteiger charge is -2.32. The maximum Gasteiger partial charge on any atom is 0.322 e. The van der Waals surface area contributed by atoms with Crippen LogP contribution in [-0.4, -0.2) is 41.3 Å². The maximum atomic E-state index is 13.1. The number of hydrogen-bond donors (Lipinski definition) is 1. The lowest BCUT2D eigenvalue weighted by molar-refractivity contribution is 0.0272. The van der Waals surface area contributed by atoms with E-state index in [1.54, 1.807) is 19.3 Å². The van der Waals surface area contributed by atoms with Gasteiger partial charge in [0, 0.05) is 50.3 Å². The summed E-state index contributed by atoms with van der Waals surface area (Å²) in [6.45, 7) is 3.89. The first-order valence-corrected chi connectivity index (χ1v) is 9.42. The number of aromatic nitrogens is 1. The van der Waals surface area contributed by atoms with Gasteiger partial charge in [-0.25, -0.2) is 4.79 Å². The van der Waals surface area contributed by atoms with Crippen LogP contribution >= 0.6 is 0 Å². The van der Waals surface area contributed by atoms with Gasteiger partial charge in [0.15, 0.2) is 0 Å². The summed E-state index contributed by atoms with van der Waals surface area (Å²) >= 11 is 0. The molecule has 1 aromatic carbocycles. The fourth-order valence-corrected chi connectivity index (χ4v) is 4.33. The molecule has 2 saturated heterocycles. The minimum absolute atomic E-state index is 0.0830. The van der Waals surface area contributed by atoms with E-state index in [2.05, 4.69) is 17.4 Å². The van der Waals surface area contributed by atoms with Crippen molar-refractivity contribution in [1.29, 1.82) is 0 Å². The van der Waals surface area contributed by atoms with E-state index in [0.717, 1.165) is 12.0 Å². The zero-order valence-corrected chi connectivity index (χ0v) is 15.7. The molecule has 2 aliphatic rings. The number of rotatable bonds is 2. The Kier molecular flexibility index (Phi) is 4.74. The number of hydrogen-bond acceptors (Lipinski definition) is 3. The first kappa shape index (κ1) is 17.8. The quantitative estimate of drug-likeness (QED) is 0.888. The predicted molar refractivity (Wildman–Crippen MR) is 104 cm³/mol. The number of nitrogens with one attached hydrogen (secondary N) is 1. The number of ether oxygens (including phenoxy) is 1. The number of aryl methyl sites for hydroxylation is 2. The Morgan fingerprint density at radius 3 is 2.81 bits per heavy atom. The summed E-state index contributed by atoms with van der Waals surface area (Å²) in [4.78, 5) is 26.8. The minimum Gasteiger partial charge on any atom is -0.381 e. The largest absolute Gasteiger partial charge is 0.381 e. The average Bonchev–Trinajstić information content (AvgIpc) is 3.07. The summed E-state index contributed by atoms with van der Waals surface area (Å²) in [5.74, 6) is 0.594. The molecule has 3 atom stereocenters. The lowest BCUT2D eigenvalue weighted by Crippen LogP contribution is -2.44. The van der Waals surface area contributed by atoms with E-state index in [4.69, 9.17) is 4.74 Å². The highest BCUT2D eigenvalue weighted by Crippen LogP contribution is 2.41. The molecule has 6 nitrogen and oxygen atoms in total. The monoisotopic (exact) mass is 367 g/mol. The van der Waals surface area contributed by atoms with Crippen molar-refractivity contribution in [2.75, 3.05) is 25.1 Å². The van der Waals surface area contributed by atoms with Crippen molar-refractivity contribution in [3.05, 3.63) is 64.1 Å². The second kappa shape index (κ2) is 7.19. The molecule has 0 radical (unpaired) electrons. The Morgan fingerprint density at radius 1 is 1.26 bits per heavy atom. The van der Waals surface area contributed by atoms with Crippen LogP contribution in [0.3, 0.4) is 0 Å². The van der Waals surface area contributed by atoms with E-state index in [0.29, 0.717) is 31.4 Å². The zero-order valence-electron chi connectivity index (χ0n) is 15.7. The molecule has 2 fully saturated rings. The number of urea groups is 1. The first-order valence-electron chi connectivity index (χ1n) is 9.42. The Labute approximate surface area is 158 Å². The average molecular weight is 367 g/mol. The lowest BCUT2D eigenvalue weighted by atomic mass is 9.84. The van der Waals surface area contributed by atoms with Gasteiger partial charge >= 0.3 is 6.03 Å². The third-order valence-electron chi connectivity index (χ3n) is 5.84. The van der Waals surface area contributed by atoms with Crippen molar-refractivity contribution < 1.29 is 9.53 Å². The number of carbonyl (C=O) groups is 1. The van der Waals surface area contributed by atoms with Crippen molar-refractivity contribution >= 4 is 11.7 Å². The van der Waals surface area contributed by atoms with E-state index >= 15 is 0 Å². The minimum atomic E-state index is -0.105. The number of nitrogens with zero attached hydrogens (tertiary/aromatic N) is 2. The molecule has 2 aromatic rings. The van der Waals surface area contributed by atoms with Gasteiger partial charge in [-0.2, -0.15) is 0 Å². The van der Waals surface area contributed by atoms with Crippen molar-refractivity contribution in [2.45, 2.75) is 25.3 Å². The van der Waals surface area contributed by atoms with Gasteiger partial charge in [-0.3, -0.25) is 4.79 Å². The normalized spacial score (nSPS) is 24.5. The second-order valence-corrected chi connectivity index (χ2v) is 7.51. The van der Waals surface area contributed by atoms with Crippen LogP contribution in [0.15, 0.2) is 47.4 Å². The summed E-state index contributed by atoms with van der Waals surface area (Å²) < 4.78 is 7.22. The van der Waals surface area contributed by atoms with Gasteiger partial charge in [0.2, 0.25) is 0 Å². The van der Waals surface area contributed by atoms with Crippen molar-refractivity contribution in [3.63, 3.8) is 0 Å². The molecule has 4 rings (SSSR count). The van der Waals surface area contributed by atoms with Crippen LogP contribution in [0.1, 0.15) is 23.5 Å². The van der Waals surface area contributed by atoms with Crippen molar-refractivity contribution in [1.82, 2.24) is 9.47 Å². The molecule has 0 bridgehead atoms. The number of amides is 2. The molecule has 1 aromatic heterocycles. The molecular weight excluding hydrogens is 342 g/mol. The molecule has 3 heterocycles. The predicted octanol–water partition coefficient (Wildman–Crippen LogP) is 2.73. The van der Waals surface area contributed by atoms with Crippen molar-refractivity contribution in [3.8, 4) is 0 Å². The molecule has 142 valence electrons. The summed E-state index contributed by atoms with van der Waals surface area (Å²) in [6.07, 6.45) is 2.54. The molecule has 0 unspecified atom stereocenters. The van der Waals surface area contributed by atoms with E-state index in [9.17, 15) is 9.59 Å². The van der Waals surface area contributed by atoms with Crippen molar-refractivity contribution in [2.24, 2.45) is 13.0 Å². The Morgan fingerprint density at radius 2 is 2.04 bits per heavy atom. The molecular formula is C21H25N3O3. The fraction of sp³-hybridized carbons (Fsp3) is 0.429. The number of carbonyl (C=O) groups excluding carboxylic acids is 1. The van der Waals surface area contributed by atoms with Gasteiger partial charge in [-0.15, -0.1) is 0 Å². The number of benzene rings is 1. The summed E-state index contributed by atoms with van der Waals surface area (Å²) in [7, 11) is 1.69. The molecule has 0 saturated carbocycles. The molecule has 1 N–H and O–H groups in total. The third kappa shape index (κ3) is 3.37. The molecule has 6 heteroatoms. The van der Waals surface area contributed by atoms with Gasteiger partial charge < -0.3 is 19.5 Å². The van der Waals surface area contributed by atoms with Gasteiger partial charge in [0.05, 0.1) is 12.3 Å².